The molecule has 3 rings (SSSR count). The lowest BCUT2D eigenvalue weighted by Gasteiger charge is -2.26. The Hall–Kier alpha value is -3.00. The molecule has 0 radical (unpaired) electrons. The van der Waals surface area contributed by atoms with Crippen molar-refractivity contribution in [2.75, 3.05) is 43.2 Å². The molecule has 0 atom stereocenters. The molecule has 0 aliphatic carbocycles. The van der Waals surface area contributed by atoms with Gasteiger partial charge in [0.25, 0.3) is 0 Å². The van der Waals surface area contributed by atoms with Crippen LogP contribution < -0.4 is 16.0 Å². The Kier molecular flexibility index (Phi) is 6.43. The molecule has 0 fully saturated rings. The molecule has 2 aromatic rings. The van der Waals surface area contributed by atoms with Gasteiger partial charge < -0.3 is 25.6 Å². The lowest BCUT2D eigenvalue weighted by atomic mass is 10.1. The Morgan fingerprint density at radius 3 is 2.69 bits per heavy atom. The van der Waals surface area contributed by atoms with Gasteiger partial charge in [0.2, 0.25) is 5.91 Å². The molecule has 2 heterocycles. The number of ether oxygens (including phenoxy) is 1. The number of fused-ring (bicyclic) bond motifs is 1. The van der Waals surface area contributed by atoms with Gasteiger partial charge in [0.15, 0.2) is 0 Å². The monoisotopic (exact) mass is 414 g/mol. The normalized spacial score (nSPS) is 13.3. The first-order chi connectivity index (χ1) is 13.9. The van der Waals surface area contributed by atoms with Crippen molar-refractivity contribution in [2.24, 2.45) is 0 Å². The molecule has 8 heteroatoms. The summed E-state index contributed by atoms with van der Waals surface area (Å²) in [6, 6.07) is 7.92. The van der Waals surface area contributed by atoms with Gasteiger partial charge in [-0.2, -0.15) is 0 Å². The zero-order chi connectivity index (χ0) is 21.0. The zero-order valence-corrected chi connectivity index (χ0v) is 17.7. The van der Waals surface area contributed by atoms with Crippen molar-refractivity contribution in [2.45, 2.75) is 19.9 Å². The van der Waals surface area contributed by atoms with Gasteiger partial charge in [-0.05, 0) is 42.7 Å². The summed E-state index contributed by atoms with van der Waals surface area (Å²) in [5, 5.41) is 3.48. The van der Waals surface area contributed by atoms with Crippen LogP contribution in [0.3, 0.4) is 0 Å². The summed E-state index contributed by atoms with van der Waals surface area (Å²) in [5.74, 6) is -0.241. The first-order valence-electron chi connectivity index (χ1n) is 9.47. The first kappa shape index (κ1) is 20.7. The second-order valence-electron chi connectivity index (χ2n) is 6.93. The van der Waals surface area contributed by atoms with Gasteiger partial charge in [0.05, 0.1) is 18.8 Å². The van der Waals surface area contributed by atoms with Crippen LogP contribution in [-0.4, -0.2) is 44.1 Å². The van der Waals surface area contributed by atoms with E-state index in [1.54, 1.807) is 17.9 Å². The molecule has 1 aliphatic rings. The van der Waals surface area contributed by atoms with Crippen molar-refractivity contribution < 1.29 is 14.3 Å². The molecule has 1 aliphatic heterocycles. The molecule has 154 valence electrons. The van der Waals surface area contributed by atoms with E-state index in [9.17, 15) is 9.59 Å². The fraction of sp³-hybridized carbons (Fsp3) is 0.333. The number of rotatable bonds is 5. The maximum absolute atomic E-state index is 12.3. The van der Waals surface area contributed by atoms with E-state index >= 15 is 0 Å². The van der Waals surface area contributed by atoms with Crippen LogP contribution in [-0.2, 0) is 22.5 Å². The largest absolute Gasteiger partial charge is 0.450 e. The van der Waals surface area contributed by atoms with Crippen LogP contribution in [0.25, 0.3) is 6.08 Å². The molecule has 0 saturated carbocycles. The summed E-state index contributed by atoms with van der Waals surface area (Å²) >= 11 is 1.41. The Morgan fingerprint density at radius 2 is 2.03 bits per heavy atom. The number of nitrogen functional groups attached to an aromatic ring is 1. The van der Waals surface area contributed by atoms with Crippen molar-refractivity contribution in [3.05, 3.63) is 46.3 Å². The number of carbonyl (C=O) groups is 2. The summed E-state index contributed by atoms with van der Waals surface area (Å²) in [5.41, 5.74) is 9.87. The number of nitrogens with one attached hydrogen (secondary N) is 1. The molecule has 29 heavy (non-hydrogen) atoms. The van der Waals surface area contributed by atoms with Crippen LogP contribution in [0, 0.1) is 0 Å². The highest BCUT2D eigenvalue weighted by Gasteiger charge is 2.26. The third-order valence-electron chi connectivity index (χ3n) is 4.70. The minimum Gasteiger partial charge on any atom is -0.450 e. The molecule has 0 spiro atoms. The van der Waals surface area contributed by atoms with E-state index in [1.165, 1.54) is 17.4 Å². The van der Waals surface area contributed by atoms with Crippen molar-refractivity contribution in [3.8, 4) is 0 Å². The van der Waals surface area contributed by atoms with Crippen molar-refractivity contribution >= 4 is 45.8 Å². The standard InChI is InChI=1S/C21H26N4O3S/c1-4-28-21(27)25-12-11-16-17(13-25)29-20(19(16)22)23-18(26)10-7-14-5-8-15(9-6-14)24(2)3/h5-10H,4,11-13,22H2,1-3H3,(H,23,26)/b10-7+. The van der Waals surface area contributed by atoms with E-state index in [0.29, 0.717) is 36.8 Å². The van der Waals surface area contributed by atoms with Gasteiger partial charge in [0.1, 0.15) is 5.00 Å². The van der Waals surface area contributed by atoms with E-state index in [0.717, 1.165) is 21.7 Å². The lowest BCUT2D eigenvalue weighted by molar-refractivity contribution is -0.111. The van der Waals surface area contributed by atoms with Gasteiger partial charge in [0, 0.05) is 37.3 Å². The van der Waals surface area contributed by atoms with Crippen LogP contribution in [0.2, 0.25) is 0 Å². The minimum absolute atomic E-state index is 0.241. The molecule has 0 saturated heterocycles. The highest BCUT2D eigenvalue weighted by Crippen LogP contribution is 2.39. The summed E-state index contributed by atoms with van der Waals surface area (Å²) in [6.07, 6.45) is 3.59. The van der Waals surface area contributed by atoms with Crippen LogP contribution in [0.15, 0.2) is 30.3 Å². The Morgan fingerprint density at radius 1 is 1.31 bits per heavy atom. The number of hydrogen-bond donors (Lipinski definition) is 2. The fourth-order valence-electron chi connectivity index (χ4n) is 3.10. The number of hydrogen-bond acceptors (Lipinski definition) is 6. The Bertz CT molecular complexity index is 919. The molecular weight excluding hydrogens is 388 g/mol. The predicted octanol–water partition coefficient (Wildman–Crippen LogP) is 3.56. The molecule has 0 bridgehead atoms. The first-order valence-corrected chi connectivity index (χ1v) is 10.3. The van der Waals surface area contributed by atoms with Crippen molar-refractivity contribution in [1.29, 1.82) is 0 Å². The fourth-order valence-corrected chi connectivity index (χ4v) is 4.29. The predicted molar refractivity (Wildman–Crippen MR) is 118 cm³/mol. The number of carbonyl (C=O) groups excluding carboxylic acids is 2. The topological polar surface area (TPSA) is 87.9 Å². The quantitative estimate of drug-likeness (QED) is 0.731. The number of benzene rings is 1. The van der Waals surface area contributed by atoms with Crippen LogP contribution in [0.1, 0.15) is 22.9 Å². The van der Waals surface area contributed by atoms with Gasteiger partial charge >= 0.3 is 6.09 Å². The third kappa shape index (κ3) is 4.89. The Labute approximate surface area is 174 Å². The molecule has 3 N–H and O–H groups in total. The summed E-state index contributed by atoms with van der Waals surface area (Å²) in [7, 11) is 3.96. The van der Waals surface area contributed by atoms with Crippen molar-refractivity contribution in [1.82, 2.24) is 4.90 Å². The van der Waals surface area contributed by atoms with Gasteiger partial charge in [-0.1, -0.05) is 12.1 Å². The second-order valence-corrected chi connectivity index (χ2v) is 8.03. The van der Waals surface area contributed by atoms with E-state index in [2.05, 4.69) is 5.32 Å². The average Bonchev–Trinajstić information content (AvgIpc) is 3.01. The van der Waals surface area contributed by atoms with Crippen molar-refractivity contribution in [3.63, 3.8) is 0 Å². The lowest BCUT2D eigenvalue weighted by Crippen LogP contribution is -2.35. The van der Waals surface area contributed by atoms with Crippen LogP contribution >= 0.6 is 11.3 Å². The number of nitrogens with zero attached hydrogens (tertiary/aromatic N) is 2. The Balaban J connectivity index is 1.65. The number of thiophene rings is 1. The summed E-state index contributed by atoms with van der Waals surface area (Å²) in [4.78, 5) is 29.0. The summed E-state index contributed by atoms with van der Waals surface area (Å²) in [6.45, 7) is 3.14. The number of anilines is 3. The van der Waals surface area contributed by atoms with Crippen LogP contribution in [0.4, 0.5) is 21.2 Å². The maximum atomic E-state index is 12.3. The van der Waals surface area contributed by atoms with Gasteiger partial charge in [-0.25, -0.2) is 4.79 Å². The average molecular weight is 415 g/mol. The third-order valence-corrected chi connectivity index (χ3v) is 5.85. The molecular formula is C21H26N4O3S. The van der Waals surface area contributed by atoms with Gasteiger partial charge in [-0.15, -0.1) is 11.3 Å². The van der Waals surface area contributed by atoms with Gasteiger partial charge in [-0.3, -0.25) is 4.79 Å². The molecule has 0 unspecified atom stereocenters. The SMILES string of the molecule is CCOC(=O)N1CCc2c(sc(NC(=O)/C=C/c3ccc(N(C)C)cc3)c2N)C1. The minimum atomic E-state index is -0.320. The number of nitrogens with two attached hydrogens (primary N) is 1. The van der Waals surface area contributed by atoms with E-state index in [1.807, 2.05) is 43.3 Å². The molecule has 7 nitrogen and oxygen atoms in total. The van der Waals surface area contributed by atoms with E-state index in [-0.39, 0.29) is 12.0 Å². The second kappa shape index (κ2) is 9.00. The van der Waals surface area contributed by atoms with E-state index in [4.69, 9.17) is 10.5 Å². The van der Waals surface area contributed by atoms with E-state index < -0.39 is 0 Å². The molecule has 2 amide bonds. The molecule has 1 aromatic carbocycles. The van der Waals surface area contributed by atoms with Crippen LogP contribution in [0.5, 0.6) is 0 Å². The summed E-state index contributed by atoms with van der Waals surface area (Å²) < 4.78 is 5.07. The zero-order valence-electron chi connectivity index (χ0n) is 16.9. The molecule has 1 aromatic heterocycles. The highest BCUT2D eigenvalue weighted by molar-refractivity contribution is 7.17. The number of amides is 2. The maximum Gasteiger partial charge on any atom is 0.410 e. The highest BCUT2D eigenvalue weighted by atomic mass is 32.1. The smallest absolute Gasteiger partial charge is 0.410 e.